The molecule has 1 N–H and O–H groups in total. The van der Waals surface area contributed by atoms with Crippen molar-refractivity contribution in [1.29, 1.82) is 0 Å². The molecule has 0 aliphatic rings. The Kier molecular flexibility index (Phi) is 5.00. The van der Waals surface area contributed by atoms with Crippen molar-refractivity contribution in [1.82, 2.24) is 10.5 Å². The third-order valence-electron chi connectivity index (χ3n) is 3.05. The van der Waals surface area contributed by atoms with Crippen molar-refractivity contribution in [3.8, 4) is 0 Å². The van der Waals surface area contributed by atoms with Crippen molar-refractivity contribution in [2.45, 2.75) is 66.0 Å². The normalized spacial score (nSPS) is 15.1. The molecule has 2 unspecified atom stereocenters. The second-order valence-electron chi connectivity index (χ2n) is 4.56. The molecule has 1 aromatic heterocycles. The van der Waals surface area contributed by atoms with Crippen LogP contribution in [-0.2, 0) is 0 Å². The second kappa shape index (κ2) is 6.04. The number of nitrogens with zero attached hydrogens (tertiary/aromatic N) is 1. The zero-order chi connectivity index (χ0) is 12.1. The van der Waals surface area contributed by atoms with Crippen molar-refractivity contribution in [3.05, 3.63) is 17.0 Å². The molecule has 2 atom stereocenters. The Balaban J connectivity index is 2.74. The van der Waals surface area contributed by atoms with E-state index in [4.69, 9.17) is 4.52 Å². The van der Waals surface area contributed by atoms with E-state index in [9.17, 15) is 0 Å². The van der Waals surface area contributed by atoms with Crippen LogP contribution in [0.15, 0.2) is 4.52 Å². The molecule has 0 aliphatic heterocycles. The summed E-state index contributed by atoms with van der Waals surface area (Å²) in [5.41, 5.74) is 2.26. The molecule has 0 aliphatic carbocycles. The van der Waals surface area contributed by atoms with Gasteiger partial charge in [-0.1, -0.05) is 25.4 Å². The molecule has 92 valence electrons. The SMILES string of the molecule is CCCC(C)NC(CC)c1c(C)noc1C. The first kappa shape index (κ1) is 13.2. The molecule has 1 aromatic rings. The van der Waals surface area contributed by atoms with Crippen LogP contribution in [0.1, 0.15) is 63.1 Å². The Labute approximate surface area is 98.6 Å². The Hall–Kier alpha value is -0.830. The molecule has 0 bridgehead atoms. The molecule has 0 spiro atoms. The number of aromatic nitrogens is 1. The first-order valence-electron chi connectivity index (χ1n) is 6.28. The van der Waals surface area contributed by atoms with Gasteiger partial charge in [0, 0.05) is 17.6 Å². The van der Waals surface area contributed by atoms with Crippen LogP contribution >= 0.6 is 0 Å². The van der Waals surface area contributed by atoms with Crippen molar-refractivity contribution >= 4 is 0 Å². The number of hydrogen-bond acceptors (Lipinski definition) is 3. The lowest BCUT2D eigenvalue weighted by molar-refractivity contribution is 0.384. The van der Waals surface area contributed by atoms with E-state index in [1.54, 1.807) is 0 Å². The van der Waals surface area contributed by atoms with Crippen molar-refractivity contribution in [3.63, 3.8) is 0 Å². The van der Waals surface area contributed by atoms with E-state index in [2.05, 4.69) is 31.2 Å². The van der Waals surface area contributed by atoms with Crippen LogP contribution in [0.4, 0.5) is 0 Å². The van der Waals surface area contributed by atoms with E-state index < -0.39 is 0 Å². The molecule has 0 saturated heterocycles. The fourth-order valence-electron chi connectivity index (χ4n) is 2.25. The van der Waals surface area contributed by atoms with Gasteiger partial charge in [0.25, 0.3) is 0 Å². The van der Waals surface area contributed by atoms with E-state index in [0.717, 1.165) is 17.9 Å². The van der Waals surface area contributed by atoms with Gasteiger partial charge in [0.05, 0.1) is 5.69 Å². The molecule has 1 heterocycles. The average molecular weight is 224 g/mol. The van der Waals surface area contributed by atoms with Crippen LogP contribution < -0.4 is 5.32 Å². The number of nitrogens with one attached hydrogen (secondary N) is 1. The maximum absolute atomic E-state index is 5.23. The fourth-order valence-corrected chi connectivity index (χ4v) is 2.25. The minimum absolute atomic E-state index is 0.368. The molecule has 0 amide bonds. The van der Waals surface area contributed by atoms with Crippen LogP contribution in [-0.4, -0.2) is 11.2 Å². The second-order valence-corrected chi connectivity index (χ2v) is 4.56. The lowest BCUT2D eigenvalue weighted by Gasteiger charge is -2.22. The minimum atomic E-state index is 0.368. The van der Waals surface area contributed by atoms with E-state index in [1.807, 2.05) is 13.8 Å². The number of aryl methyl sites for hydroxylation is 2. The van der Waals surface area contributed by atoms with Crippen molar-refractivity contribution < 1.29 is 4.52 Å². The third-order valence-corrected chi connectivity index (χ3v) is 3.05. The summed E-state index contributed by atoms with van der Waals surface area (Å²) < 4.78 is 5.23. The van der Waals surface area contributed by atoms with E-state index >= 15 is 0 Å². The highest BCUT2D eigenvalue weighted by Crippen LogP contribution is 2.24. The maximum atomic E-state index is 5.23. The lowest BCUT2D eigenvalue weighted by atomic mass is 10.0. The van der Waals surface area contributed by atoms with Gasteiger partial charge in [-0.25, -0.2) is 0 Å². The highest BCUT2D eigenvalue weighted by molar-refractivity contribution is 5.25. The molecule has 16 heavy (non-hydrogen) atoms. The fraction of sp³-hybridized carbons (Fsp3) is 0.769. The zero-order valence-electron chi connectivity index (χ0n) is 11.1. The van der Waals surface area contributed by atoms with Gasteiger partial charge in [-0.3, -0.25) is 0 Å². The summed E-state index contributed by atoms with van der Waals surface area (Å²) in [6.07, 6.45) is 3.49. The van der Waals surface area contributed by atoms with Gasteiger partial charge in [-0.05, 0) is 33.6 Å². The van der Waals surface area contributed by atoms with Gasteiger partial charge in [-0.15, -0.1) is 0 Å². The minimum Gasteiger partial charge on any atom is -0.361 e. The highest BCUT2D eigenvalue weighted by atomic mass is 16.5. The summed E-state index contributed by atoms with van der Waals surface area (Å²) in [4.78, 5) is 0. The zero-order valence-corrected chi connectivity index (χ0v) is 11.1. The van der Waals surface area contributed by atoms with Crippen LogP contribution in [0.3, 0.4) is 0 Å². The van der Waals surface area contributed by atoms with Crippen molar-refractivity contribution in [2.75, 3.05) is 0 Å². The molecule has 0 aromatic carbocycles. The van der Waals surface area contributed by atoms with Crippen LogP contribution in [0.5, 0.6) is 0 Å². The number of hydrogen-bond donors (Lipinski definition) is 1. The predicted molar refractivity (Wildman–Crippen MR) is 66.5 cm³/mol. The summed E-state index contributed by atoms with van der Waals surface area (Å²) in [7, 11) is 0. The molecule has 0 saturated carbocycles. The molecule has 3 heteroatoms. The van der Waals surface area contributed by atoms with Gasteiger partial charge in [0.1, 0.15) is 5.76 Å². The van der Waals surface area contributed by atoms with Crippen LogP contribution in [0.25, 0.3) is 0 Å². The average Bonchev–Trinajstić information content (AvgIpc) is 2.56. The third kappa shape index (κ3) is 3.08. The standard InChI is InChI=1S/C13H24N2O/c1-6-8-9(3)14-12(7-2)13-10(4)15-16-11(13)5/h9,12,14H,6-8H2,1-5H3. The first-order chi connectivity index (χ1) is 7.60. The van der Waals surface area contributed by atoms with Crippen LogP contribution in [0, 0.1) is 13.8 Å². The Morgan fingerprint density at radius 1 is 1.31 bits per heavy atom. The summed E-state index contributed by atoms with van der Waals surface area (Å²) in [6.45, 7) is 10.7. The molecule has 0 radical (unpaired) electrons. The molecule has 0 fully saturated rings. The van der Waals surface area contributed by atoms with Gasteiger partial charge in [-0.2, -0.15) is 0 Å². The lowest BCUT2D eigenvalue weighted by Crippen LogP contribution is -2.30. The van der Waals surface area contributed by atoms with Crippen LogP contribution in [0.2, 0.25) is 0 Å². The van der Waals surface area contributed by atoms with Gasteiger partial charge >= 0.3 is 0 Å². The van der Waals surface area contributed by atoms with E-state index in [-0.39, 0.29) is 0 Å². The summed E-state index contributed by atoms with van der Waals surface area (Å²) in [5, 5.41) is 7.67. The summed E-state index contributed by atoms with van der Waals surface area (Å²) in [5.74, 6) is 0.945. The highest BCUT2D eigenvalue weighted by Gasteiger charge is 2.19. The van der Waals surface area contributed by atoms with E-state index in [0.29, 0.717) is 12.1 Å². The predicted octanol–water partition coefficient (Wildman–Crippen LogP) is 3.52. The molecular weight excluding hydrogens is 200 g/mol. The van der Waals surface area contributed by atoms with E-state index in [1.165, 1.54) is 18.4 Å². The van der Waals surface area contributed by atoms with Gasteiger partial charge in [0.2, 0.25) is 0 Å². The van der Waals surface area contributed by atoms with Crippen molar-refractivity contribution in [2.24, 2.45) is 0 Å². The first-order valence-corrected chi connectivity index (χ1v) is 6.28. The van der Waals surface area contributed by atoms with Gasteiger partial charge < -0.3 is 9.84 Å². The maximum Gasteiger partial charge on any atom is 0.138 e. The Bertz CT molecular complexity index is 300. The largest absolute Gasteiger partial charge is 0.361 e. The monoisotopic (exact) mass is 224 g/mol. The van der Waals surface area contributed by atoms with Gasteiger partial charge in [0.15, 0.2) is 0 Å². The Morgan fingerprint density at radius 3 is 2.44 bits per heavy atom. The topological polar surface area (TPSA) is 38.1 Å². The molecule has 3 nitrogen and oxygen atoms in total. The summed E-state index contributed by atoms with van der Waals surface area (Å²) in [6, 6.07) is 0.913. The smallest absolute Gasteiger partial charge is 0.138 e. The summed E-state index contributed by atoms with van der Waals surface area (Å²) >= 11 is 0. The number of rotatable bonds is 6. The Morgan fingerprint density at radius 2 is 2.00 bits per heavy atom. The quantitative estimate of drug-likeness (QED) is 0.803. The molecule has 1 rings (SSSR count). The molecular formula is C13H24N2O.